The first-order valence-corrected chi connectivity index (χ1v) is 4.80. The van der Waals surface area contributed by atoms with Gasteiger partial charge in [0.05, 0.1) is 4.91 Å². The molecule has 0 aromatic heterocycles. The zero-order chi connectivity index (χ0) is 10.9. The maximum absolute atomic E-state index is 11.3. The van der Waals surface area contributed by atoms with Crippen LogP contribution < -0.4 is 0 Å². The van der Waals surface area contributed by atoms with Crippen LogP contribution in [-0.4, -0.2) is 35.0 Å². The summed E-state index contributed by atoms with van der Waals surface area (Å²) in [5.41, 5.74) is -0.108. The van der Waals surface area contributed by atoms with Crippen molar-refractivity contribution in [2.24, 2.45) is 0 Å². The van der Waals surface area contributed by atoms with Gasteiger partial charge in [0.1, 0.15) is 11.3 Å². The number of Topliss-reactive ketones (excluding diaryl/α,β-unsaturated/α-hetero) is 1. The van der Waals surface area contributed by atoms with Crippen LogP contribution in [0, 0.1) is 0 Å². The molecule has 0 fully saturated rings. The molecule has 0 aliphatic carbocycles. The molecule has 1 N–H and O–H groups in total. The van der Waals surface area contributed by atoms with Gasteiger partial charge in [-0.2, -0.15) is 0 Å². The second-order valence-electron chi connectivity index (χ2n) is 3.13. The molecule has 0 aromatic carbocycles. The number of hydrogen-bond donors (Lipinski definition) is 1. The highest BCUT2D eigenvalue weighted by atomic mass is 32.2. The van der Waals surface area contributed by atoms with Gasteiger partial charge < -0.3 is 10.0 Å². The molecule has 0 amide bonds. The monoisotopic (exact) mass is 213 g/mol. The van der Waals surface area contributed by atoms with Gasteiger partial charge in [-0.3, -0.25) is 9.59 Å². The number of ketones is 1. The fourth-order valence-electron chi connectivity index (χ4n) is 1.05. The van der Waals surface area contributed by atoms with Crippen LogP contribution in [0.1, 0.15) is 6.92 Å². The molecule has 5 heteroatoms. The minimum atomic E-state index is -0.401. The molecule has 1 aliphatic heterocycles. The first kappa shape index (κ1) is 10.8. The van der Waals surface area contributed by atoms with Crippen molar-refractivity contribution in [3.05, 3.63) is 22.4 Å². The zero-order valence-electron chi connectivity index (χ0n) is 8.20. The molecule has 0 bridgehead atoms. The standard InChI is InChI=1S/C9H11NO3S/c1-5(11)7-8(12)6(4-10(2)3)14-9(7)13/h4,12H,1-3H3/b6-4+. The van der Waals surface area contributed by atoms with Crippen molar-refractivity contribution in [1.82, 2.24) is 4.90 Å². The summed E-state index contributed by atoms with van der Waals surface area (Å²) < 4.78 is 0. The average molecular weight is 213 g/mol. The van der Waals surface area contributed by atoms with Crippen molar-refractivity contribution in [3.63, 3.8) is 0 Å². The minimum absolute atomic E-state index is 0.108. The predicted octanol–water partition coefficient (Wildman–Crippen LogP) is 1.06. The number of carbonyl (C=O) groups is 2. The largest absolute Gasteiger partial charge is 0.506 e. The molecule has 0 aromatic rings. The van der Waals surface area contributed by atoms with Crippen LogP contribution in [-0.2, 0) is 9.59 Å². The fourth-order valence-corrected chi connectivity index (χ4v) is 2.06. The van der Waals surface area contributed by atoms with E-state index in [1.54, 1.807) is 25.2 Å². The number of nitrogens with zero attached hydrogens (tertiary/aromatic N) is 1. The van der Waals surface area contributed by atoms with Crippen molar-refractivity contribution >= 4 is 22.7 Å². The Labute approximate surface area is 86.3 Å². The summed E-state index contributed by atoms with van der Waals surface area (Å²) in [5.74, 6) is -0.608. The molecule has 0 unspecified atom stereocenters. The van der Waals surface area contributed by atoms with E-state index >= 15 is 0 Å². The van der Waals surface area contributed by atoms with E-state index < -0.39 is 5.78 Å². The lowest BCUT2D eigenvalue weighted by Crippen LogP contribution is -2.04. The van der Waals surface area contributed by atoms with Crippen LogP contribution in [0.3, 0.4) is 0 Å². The van der Waals surface area contributed by atoms with Gasteiger partial charge in [0, 0.05) is 20.3 Å². The summed E-state index contributed by atoms with van der Waals surface area (Å²) in [6, 6.07) is 0. The molecule has 1 heterocycles. The SMILES string of the molecule is CC(=O)C1=C(O)/C(=C\N(C)C)SC1=O. The second kappa shape index (κ2) is 3.88. The van der Waals surface area contributed by atoms with Crippen molar-refractivity contribution in [1.29, 1.82) is 0 Å². The summed E-state index contributed by atoms with van der Waals surface area (Å²) in [4.78, 5) is 24.4. The van der Waals surface area contributed by atoms with Crippen LogP contribution in [0.2, 0.25) is 0 Å². The smallest absolute Gasteiger partial charge is 0.231 e. The lowest BCUT2D eigenvalue weighted by molar-refractivity contribution is -0.116. The van der Waals surface area contributed by atoms with E-state index in [0.717, 1.165) is 11.8 Å². The Hall–Kier alpha value is -1.23. The highest BCUT2D eigenvalue weighted by Crippen LogP contribution is 2.36. The molecular weight excluding hydrogens is 202 g/mol. The van der Waals surface area contributed by atoms with E-state index in [0.29, 0.717) is 4.91 Å². The van der Waals surface area contributed by atoms with Crippen molar-refractivity contribution in [2.75, 3.05) is 14.1 Å². The average Bonchev–Trinajstić information content (AvgIpc) is 2.25. The lowest BCUT2D eigenvalue weighted by Gasteiger charge is -2.05. The lowest BCUT2D eigenvalue weighted by atomic mass is 10.2. The van der Waals surface area contributed by atoms with Gasteiger partial charge >= 0.3 is 0 Å². The summed E-state index contributed by atoms with van der Waals surface area (Å²) in [6.07, 6.45) is 1.60. The number of rotatable bonds is 2. The van der Waals surface area contributed by atoms with E-state index in [-0.39, 0.29) is 16.4 Å². The normalized spacial score (nSPS) is 19.4. The molecule has 0 spiro atoms. The van der Waals surface area contributed by atoms with Gasteiger partial charge in [0.15, 0.2) is 5.78 Å². The summed E-state index contributed by atoms with van der Waals surface area (Å²) >= 11 is 0.874. The van der Waals surface area contributed by atoms with Gasteiger partial charge in [-0.15, -0.1) is 0 Å². The summed E-state index contributed by atoms with van der Waals surface area (Å²) in [5, 5.41) is 9.17. The highest BCUT2D eigenvalue weighted by molar-refractivity contribution is 8.18. The van der Waals surface area contributed by atoms with Crippen molar-refractivity contribution < 1.29 is 14.7 Å². The quantitative estimate of drug-likeness (QED) is 0.695. The van der Waals surface area contributed by atoms with Gasteiger partial charge in [0.2, 0.25) is 5.12 Å². The molecule has 0 saturated heterocycles. The van der Waals surface area contributed by atoms with Crippen LogP contribution >= 0.6 is 11.8 Å². The number of aliphatic hydroxyl groups is 1. The Kier molecular flexibility index (Phi) is 3.00. The van der Waals surface area contributed by atoms with Gasteiger partial charge in [0.25, 0.3) is 0 Å². The molecule has 4 nitrogen and oxygen atoms in total. The fraction of sp³-hybridized carbons (Fsp3) is 0.333. The highest BCUT2D eigenvalue weighted by Gasteiger charge is 2.31. The first-order chi connectivity index (χ1) is 6.43. The third kappa shape index (κ3) is 1.98. The molecule has 1 rings (SSSR count). The first-order valence-electron chi connectivity index (χ1n) is 3.98. The van der Waals surface area contributed by atoms with Crippen molar-refractivity contribution in [3.8, 4) is 0 Å². The Balaban J connectivity index is 3.11. The van der Waals surface area contributed by atoms with Gasteiger partial charge in [-0.25, -0.2) is 0 Å². The second-order valence-corrected chi connectivity index (χ2v) is 4.14. The van der Waals surface area contributed by atoms with Crippen LogP contribution in [0.5, 0.6) is 0 Å². The van der Waals surface area contributed by atoms with Crippen LogP contribution in [0.15, 0.2) is 22.4 Å². The maximum Gasteiger partial charge on any atom is 0.231 e. The number of aliphatic hydroxyl groups excluding tert-OH is 1. The molecule has 0 saturated carbocycles. The Morgan fingerprint density at radius 3 is 2.43 bits per heavy atom. The molecule has 0 radical (unpaired) electrons. The molecular formula is C9H11NO3S. The van der Waals surface area contributed by atoms with Crippen LogP contribution in [0.25, 0.3) is 0 Å². The molecule has 76 valence electrons. The van der Waals surface area contributed by atoms with E-state index in [2.05, 4.69) is 0 Å². The van der Waals surface area contributed by atoms with Crippen LogP contribution in [0.4, 0.5) is 0 Å². The van der Waals surface area contributed by atoms with E-state index in [1.807, 2.05) is 0 Å². The van der Waals surface area contributed by atoms with Gasteiger partial charge in [-0.05, 0) is 18.7 Å². The number of carbonyl (C=O) groups excluding carboxylic acids is 2. The minimum Gasteiger partial charge on any atom is -0.506 e. The Morgan fingerprint density at radius 1 is 1.50 bits per heavy atom. The number of hydrogen-bond acceptors (Lipinski definition) is 5. The third-order valence-electron chi connectivity index (χ3n) is 1.60. The van der Waals surface area contributed by atoms with E-state index in [4.69, 9.17) is 0 Å². The summed E-state index contributed by atoms with van der Waals surface area (Å²) in [7, 11) is 3.55. The van der Waals surface area contributed by atoms with Crippen molar-refractivity contribution in [2.45, 2.75) is 6.92 Å². The Morgan fingerprint density at radius 2 is 2.07 bits per heavy atom. The van der Waals surface area contributed by atoms with Gasteiger partial charge in [-0.1, -0.05) is 0 Å². The predicted molar refractivity (Wildman–Crippen MR) is 54.7 cm³/mol. The summed E-state index contributed by atoms with van der Waals surface area (Å²) in [6.45, 7) is 1.27. The maximum atomic E-state index is 11.3. The number of thioether (sulfide) groups is 1. The molecule has 0 atom stereocenters. The third-order valence-corrected chi connectivity index (χ3v) is 2.51. The molecule has 1 aliphatic rings. The van der Waals surface area contributed by atoms with E-state index in [9.17, 15) is 14.7 Å². The zero-order valence-corrected chi connectivity index (χ0v) is 9.01. The Bertz CT molecular complexity index is 355. The topological polar surface area (TPSA) is 57.6 Å². The van der Waals surface area contributed by atoms with E-state index in [1.165, 1.54) is 6.92 Å². The molecule has 14 heavy (non-hydrogen) atoms.